The van der Waals surface area contributed by atoms with E-state index in [1.807, 2.05) is 24.3 Å². The maximum atomic E-state index is 12.6. The molecule has 9 heteroatoms. The first-order valence-corrected chi connectivity index (χ1v) is 18.0. The first-order chi connectivity index (χ1) is 19.7. The number of carbonyl (C=O) groups excluding carboxylic acids is 1. The number of hydrogen-bond donors (Lipinski definition) is 4. The molecule has 0 aliphatic rings. The predicted octanol–water partition coefficient (Wildman–Crippen LogP) is 7.33. The van der Waals surface area contributed by atoms with Gasteiger partial charge in [-0.3, -0.25) is 4.79 Å². The van der Waals surface area contributed by atoms with E-state index in [9.17, 15) is 15.0 Å². The summed E-state index contributed by atoms with van der Waals surface area (Å²) in [5.41, 5.74) is 4.35. The Hall–Kier alpha value is -2.39. The molecular weight excluding hydrogens is 587 g/mol. The standard InChI is InChI=1S/C33H44Cl2N2O4Si/c1-22(36-20-31(41-42(5,6)33(2,3)4)26-10-11-30(39)27(17-26)21-38)12-23-8-7-9-24(13-23)16-32(40)37-19-25-14-28(34)18-29(35)15-25/h7-11,13-15,17-18,22,31,36,38-39H,12,16,19-21H2,1-6H3,(H,37,40)/t22-,31+/m1/s1. The number of amides is 1. The number of carbonyl (C=O) groups is 1. The van der Waals surface area contributed by atoms with E-state index in [2.05, 4.69) is 63.6 Å². The number of nitrogens with one attached hydrogen (secondary N) is 2. The van der Waals surface area contributed by atoms with Crippen molar-refractivity contribution in [2.75, 3.05) is 6.54 Å². The van der Waals surface area contributed by atoms with E-state index in [1.165, 1.54) is 0 Å². The smallest absolute Gasteiger partial charge is 0.224 e. The molecule has 0 aliphatic carbocycles. The van der Waals surface area contributed by atoms with Crippen molar-refractivity contribution in [1.29, 1.82) is 0 Å². The number of aromatic hydroxyl groups is 1. The number of aliphatic hydroxyl groups excluding tert-OH is 1. The molecule has 0 radical (unpaired) electrons. The molecule has 0 aliphatic heterocycles. The quantitative estimate of drug-likeness (QED) is 0.148. The lowest BCUT2D eigenvalue weighted by atomic mass is 10.0. The molecule has 3 rings (SSSR count). The zero-order valence-corrected chi connectivity index (χ0v) is 27.9. The third kappa shape index (κ3) is 10.1. The van der Waals surface area contributed by atoms with Crippen molar-refractivity contribution in [2.45, 2.75) is 84.0 Å². The van der Waals surface area contributed by atoms with Gasteiger partial charge in [0.25, 0.3) is 0 Å². The summed E-state index contributed by atoms with van der Waals surface area (Å²) in [5.74, 6) is 0.00673. The van der Waals surface area contributed by atoms with Gasteiger partial charge in [0.05, 0.1) is 19.1 Å². The van der Waals surface area contributed by atoms with Crippen molar-refractivity contribution in [3.63, 3.8) is 0 Å². The highest BCUT2D eigenvalue weighted by Crippen LogP contribution is 2.40. The molecule has 1 amide bonds. The fourth-order valence-corrected chi connectivity index (χ4v) is 6.31. The molecule has 0 bridgehead atoms. The highest BCUT2D eigenvalue weighted by Gasteiger charge is 2.39. The molecule has 0 unspecified atom stereocenters. The molecule has 0 fully saturated rings. The second kappa shape index (κ2) is 14.9. The van der Waals surface area contributed by atoms with Crippen LogP contribution in [0.4, 0.5) is 0 Å². The molecule has 0 heterocycles. The molecule has 0 saturated heterocycles. The van der Waals surface area contributed by atoms with Crippen LogP contribution in [0.5, 0.6) is 5.75 Å². The monoisotopic (exact) mass is 630 g/mol. The van der Waals surface area contributed by atoms with Gasteiger partial charge >= 0.3 is 0 Å². The summed E-state index contributed by atoms with van der Waals surface area (Å²) in [7, 11) is -2.11. The van der Waals surface area contributed by atoms with Gasteiger partial charge in [-0.25, -0.2) is 0 Å². The summed E-state index contributed by atoms with van der Waals surface area (Å²) in [5, 5.41) is 27.5. The molecule has 3 aromatic rings. The number of phenols is 1. The van der Waals surface area contributed by atoms with Crippen molar-refractivity contribution in [2.24, 2.45) is 0 Å². The number of hydrogen-bond acceptors (Lipinski definition) is 5. The molecule has 3 aromatic carbocycles. The summed E-state index contributed by atoms with van der Waals surface area (Å²) in [6, 6.07) is 18.8. The Bertz CT molecular complexity index is 1340. The van der Waals surface area contributed by atoms with E-state index < -0.39 is 8.32 Å². The fourth-order valence-electron chi connectivity index (χ4n) is 4.45. The lowest BCUT2D eigenvalue weighted by Gasteiger charge is -2.40. The van der Waals surface area contributed by atoms with Crippen molar-refractivity contribution < 1.29 is 19.4 Å². The Morgan fingerprint density at radius 2 is 1.64 bits per heavy atom. The normalized spacial score (nSPS) is 13.5. The zero-order valence-electron chi connectivity index (χ0n) is 25.4. The number of halogens is 2. The van der Waals surface area contributed by atoms with Gasteiger partial charge in [-0.1, -0.05) is 74.3 Å². The second-order valence-electron chi connectivity index (χ2n) is 12.5. The first kappa shape index (κ1) is 34.1. The van der Waals surface area contributed by atoms with Gasteiger partial charge in [-0.2, -0.15) is 0 Å². The summed E-state index contributed by atoms with van der Waals surface area (Å²) in [6.07, 6.45) is 0.824. The summed E-state index contributed by atoms with van der Waals surface area (Å²) < 4.78 is 6.81. The van der Waals surface area contributed by atoms with Gasteiger partial charge in [0.1, 0.15) is 5.75 Å². The minimum atomic E-state index is -2.11. The number of benzene rings is 3. The molecule has 228 valence electrons. The van der Waals surface area contributed by atoms with Crippen molar-refractivity contribution in [1.82, 2.24) is 10.6 Å². The van der Waals surface area contributed by atoms with Crippen LogP contribution in [0.15, 0.2) is 60.7 Å². The van der Waals surface area contributed by atoms with E-state index in [1.54, 1.807) is 24.3 Å². The molecule has 0 aromatic heterocycles. The summed E-state index contributed by atoms with van der Waals surface area (Å²) in [6.45, 7) is 13.9. The lowest BCUT2D eigenvalue weighted by molar-refractivity contribution is -0.120. The predicted molar refractivity (Wildman–Crippen MR) is 175 cm³/mol. The average molecular weight is 632 g/mol. The van der Waals surface area contributed by atoms with Crippen molar-refractivity contribution >= 4 is 37.4 Å². The van der Waals surface area contributed by atoms with Gasteiger partial charge in [-0.05, 0) is 84.1 Å². The first-order valence-electron chi connectivity index (χ1n) is 14.3. The van der Waals surface area contributed by atoms with Crippen LogP contribution in [0, 0.1) is 0 Å². The van der Waals surface area contributed by atoms with Crippen LogP contribution in [0.3, 0.4) is 0 Å². The second-order valence-corrected chi connectivity index (χ2v) is 18.1. The number of aliphatic hydroxyl groups is 1. The van der Waals surface area contributed by atoms with Crippen LogP contribution in [0.2, 0.25) is 28.2 Å². The Morgan fingerprint density at radius 3 is 2.29 bits per heavy atom. The van der Waals surface area contributed by atoms with Gasteiger partial charge in [0.15, 0.2) is 8.32 Å². The number of rotatable bonds is 13. The van der Waals surface area contributed by atoms with Crippen molar-refractivity contribution in [3.05, 3.63) is 98.5 Å². The Labute approximate surface area is 261 Å². The van der Waals surface area contributed by atoms with E-state index >= 15 is 0 Å². The Morgan fingerprint density at radius 1 is 0.976 bits per heavy atom. The van der Waals surface area contributed by atoms with Gasteiger partial charge in [0, 0.05) is 34.7 Å². The summed E-state index contributed by atoms with van der Waals surface area (Å²) in [4.78, 5) is 12.6. The molecule has 0 spiro atoms. The highest BCUT2D eigenvalue weighted by atomic mass is 35.5. The third-order valence-corrected chi connectivity index (χ3v) is 12.8. The highest BCUT2D eigenvalue weighted by molar-refractivity contribution is 6.74. The largest absolute Gasteiger partial charge is 0.508 e. The Balaban J connectivity index is 1.62. The van der Waals surface area contributed by atoms with E-state index in [-0.39, 0.29) is 41.9 Å². The average Bonchev–Trinajstić information content (AvgIpc) is 2.89. The van der Waals surface area contributed by atoms with Gasteiger partial charge < -0.3 is 25.3 Å². The lowest BCUT2D eigenvalue weighted by Crippen LogP contribution is -2.44. The maximum absolute atomic E-state index is 12.6. The van der Waals surface area contributed by atoms with Crippen molar-refractivity contribution in [3.8, 4) is 5.75 Å². The van der Waals surface area contributed by atoms with E-state index in [4.69, 9.17) is 27.6 Å². The van der Waals surface area contributed by atoms with Gasteiger partial charge in [-0.15, -0.1) is 0 Å². The maximum Gasteiger partial charge on any atom is 0.224 e. The molecule has 2 atom stereocenters. The van der Waals surface area contributed by atoms with E-state index in [0.717, 1.165) is 28.7 Å². The minimum absolute atomic E-state index is 0.0293. The third-order valence-electron chi connectivity index (χ3n) is 7.85. The molecule has 4 N–H and O–H groups in total. The minimum Gasteiger partial charge on any atom is -0.508 e. The van der Waals surface area contributed by atoms with Gasteiger partial charge in [0.2, 0.25) is 5.91 Å². The fraction of sp³-hybridized carbons (Fsp3) is 0.424. The van der Waals surface area contributed by atoms with Crippen LogP contribution >= 0.6 is 23.2 Å². The van der Waals surface area contributed by atoms with E-state index in [0.29, 0.717) is 28.7 Å². The summed E-state index contributed by atoms with van der Waals surface area (Å²) >= 11 is 12.1. The van der Waals surface area contributed by atoms with Crippen LogP contribution < -0.4 is 10.6 Å². The molecule has 6 nitrogen and oxygen atoms in total. The molecule has 42 heavy (non-hydrogen) atoms. The van der Waals surface area contributed by atoms with Crippen LogP contribution in [0.1, 0.15) is 61.6 Å². The van der Waals surface area contributed by atoms with Crippen LogP contribution in [-0.4, -0.2) is 37.0 Å². The zero-order chi connectivity index (χ0) is 31.1. The molecule has 0 saturated carbocycles. The van der Waals surface area contributed by atoms with Crippen LogP contribution in [0.25, 0.3) is 0 Å². The Kier molecular flexibility index (Phi) is 12.1. The SMILES string of the molecule is C[C@H](Cc1cccc(CC(=O)NCc2cc(Cl)cc(Cl)c2)c1)NC[C@H](O[Si](C)(C)C(C)(C)C)c1ccc(O)c(CO)c1. The molecular formula is C33H44Cl2N2O4Si. The van der Waals surface area contributed by atoms with Crippen LogP contribution in [-0.2, 0) is 35.2 Å². The topological polar surface area (TPSA) is 90.8 Å².